The maximum Gasteiger partial charge on any atom is 0.223 e. The third kappa shape index (κ3) is 3.03. The topological polar surface area (TPSA) is 54.0 Å². The Morgan fingerprint density at radius 2 is 2.31 bits per heavy atom. The predicted octanol–water partition coefficient (Wildman–Crippen LogP) is 0.697. The summed E-state index contributed by atoms with van der Waals surface area (Å²) in [6.07, 6.45) is 5.40. The van der Waals surface area contributed by atoms with Gasteiger partial charge < -0.3 is 10.6 Å². The number of pyridine rings is 1. The van der Waals surface area contributed by atoms with Gasteiger partial charge in [-0.1, -0.05) is 6.07 Å². The number of rotatable bonds is 3. The molecule has 86 valence electrons. The van der Waals surface area contributed by atoms with Crippen LogP contribution in [-0.2, 0) is 11.3 Å². The summed E-state index contributed by atoms with van der Waals surface area (Å²) in [4.78, 5) is 15.8. The van der Waals surface area contributed by atoms with Gasteiger partial charge in [0.15, 0.2) is 0 Å². The molecular weight excluding hydrogens is 202 g/mol. The second-order valence-electron chi connectivity index (χ2n) is 4.10. The average molecular weight is 219 g/mol. The molecule has 0 saturated carbocycles. The summed E-state index contributed by atoms with van der Waals surface area (Å²) in [5.41, 5.74) is 1.05. The van der Waals surface area contributed by atoms with Crippen LogP contribution in [0.15, 0.2) is 24.5 Å². The van der Waals surface area contributed by atoms with Crippen LogP contribution in [0, 0.1) is 5.92 Å². The number of nitrogens with zero attached hydrogens (tertiary/aromatic N) is 1. The first-order valence-corrected chi connectivity index (χ1v) is 5.73. The summed E-state index contributed by atoms with van der Waals surface area (Å²) in [5.74, 6) is 0.350. The highest BCUT2D eigenvalue weighted by Crippen LogP contribution is 2.11. The molecule has 2 heterocycles. The number of hydrogen-bond acceptors (Lipinski definition) is 3. The number of aromatic nitrogens is 1. The first kappa shape index (κ1) is 11.1. The Hall–Kier alpha value is -1.42. The molecule has 2 N–H and O–H groups in total. The lowest BCUT2D eigenvalue weighted by Gasteiger charge is -2.21. The second-order valence-corrected chi connectivity index (χ2v) is 4.10. The monoisotopic (exact) mass is 219 g/mol. The Bertz CT molecular complexity index is 333. The quantitative estimate of drug-likeness (QED) is 0.786. The summed E-state index contributed by atoms with van der Waals surface area (Å²) in [5, 5.41) is 6.22. The van der Waals surface area contributed by atoms with E-state index in [1.807, 2.05) is 12.1 Å². The van der Waals surface area contributed by atoms with Crippen molar-refractivity contribution in [3.05, 3.63) is 30.1 Å². The summed E-state index contributed by atoms with van der Waals surface area (Å²) in [7, 11) is 0. The van der Waals surface area contributed by atoms with E-state index in [-0.39, 0.29) is 11.8 Å². The fourth-order valence-electron chi connectivity index (χ4n) is 1.92. The number of hydrogen-bond donors (Lipinski definition) is 2. The van der Waals surface area contributed by atoms with Crippen molar-refractivity contribution >= 4 is 5.91 Å². The van der Waals surface area contributed by atoms with Crippen LogP contribution in [0.3, 0.4) is 0 Å². The lowest BCUT2D eigenvalue weighted by Crippen LogP contribution is -2.37. The van der Waals surface area contributed by atoms with Crippen LogP contribution in [0.1, 0.15) is 18.4 Å². The second kappa shape index (κ2) is 5.61. The standard InChI is InChI=1S/C12H17N3O/c16-12(11-3-6-13-7-4-11)15-9-10-2-1-5-14-8-10/h1-2,5,8,11,13H,3-4,6-7,9H2,(H,15,16). The molecule has 1 saturated heterocycles. The van der Waals surface area contributed by atoms with Crippen molar-refractivity contribution in [3.63, 3.8) is 0 Å². The van der Waals surface area contributed by atoms with Crippen LogP contribution in [0.4, 0.5) is 0 Å². The average Bonchev–Trinajstić information content (AvgIpc) is 2.38. The van der Waals surface area contributed by atoms with Gasteiger partial charge in [-0.2, -0.15) is 0 Å². The van der Waals surface area contributed by atoms with Crippen molar-refractivity contribution < 1.29 is 4.79 Å². The normalized spacial score (nSPS) is 17.0. The highest BCUT2D eigenvalue weighted by Gasteiger charge is 2.20. The maximum atomic E-state index is 11.8. The Morgan fingerprint density at radius 1 is 1.50 bits per heavy atom. The van der Waals surface area contributed by atoms with Crippen molar-refractivity contribution in [2.75, 3.05) is 13.1 Å². The molecule has 0 aromatic carbocycles. The van der Waals surface area contributed by atoms with E-state index in [1.54, 1.807) is 12.4 Å². The number of carbonyl (C=O) groups is 1. The molecule has 1 aliphatic heterocycles. The van der Waals surface area contributed by atoms with E-state index in [0.29, 0.717) is 6.54 Å². The molecule has 0 atom stereocenters. The molecule has 4 heteroatoms. The van der Waals surface area contributed by atoms with Gasteiger partial charge in [0.2, 0.25) is 5.91 Å². The van der Waals surface area contributed by atoms with Crippen molar-refractivity contribution in [1.82, 2.24) is 15.6 Å². The number of amides is 1. The summed E-state index contributed by atoms with van der Waals surface area (Å²) in [6.45, 7) is 2.48. The minimum Gasteiger partial charge on any atom is -0.352 e. The van der Waals surface area contributed by atoms with Gasteiger partial charge in [0.05, 0.1) is 0 Å². The molecule has 0 spiro atoms. The number of piperidine rings is 1. The third-order valence-electron chi connectivity index (χ3n) is 2.90. The highest BCUT2D eigenvalue weighted by atomic mass is 16.1. The van der Waals surface area contributed by atoms with E-state index < -0.39 is 0 Å². The third-order valence-corrected chi connectivity index (χ3v) is 2.90. The molecule has 0 bridgehead atoms. The van der Waals surface area contributed by atoms with Crippen molar-refractivity contribution in [2.45, 2.75) is 19.4 Å². The minimum atomic E-state index is 0.172. The Morgan fingerprint density at radius 3 is 3.00 bits per heavy atom. The van der Waals surface area contributed by atoms with E-state index in [9.17, 15) is 4.79 Å². The van der Waals surface area contributed by atoms with E-state index in [1.165, 1.54) is 0 Å². The van der Waals surface area contributed by atoms with E-state index in [4.69, 9.17) is 0 Å². The Balaban J connectivity index is 1.79. The van der Waals surface area contributed by atoms with Crippen LogP contribution < -0.4 is 10.6 Å². The largest absolute Gasteiger partial charge is 0.352 e. The zero-order chi connectivity index (χ0) is 11.2. The van der Waals surface area contributed by atoms with Gasteiger partial charge in [-0.25, -0.2) is 0 Å². The Labute approximate surface area is 95.5 Å². The van der Waals surface area contributed by atoms with E-state index >= 15 is 0 Å². The number of nitrogens with one attached hydrogen (secondary N) is 2. The molecular formula is C12H17N3O. The van der Waals surface area contributed by atoms with Crippen LogP contribution >= 0.6 is 0 Å². The lowest BCUT2D eigenvalue weighted by molar-refractivity contribution is -0.125. The van der Waals surface area contributed by atoms with E-state index in [2.05, 4.69) is 15.6 Å². The highest BCUT2D eigenvalue weighted by molar-refractivity contribution is 5.78. The zero-order valence-corrected chi connectivity index (χ0v) is 9.28. The van der Waals surface area contributed by atoms with Crippen LogP contribution in [0.2, 0.25) is 0 Å². The summed E-state index contributed by atoms with van der Waals surface area (Å²) in [6, 6.07) is 3.85. The molecule has 0 unspecified atom stereocenters. The molecule has 4 nitrogen and oxygen atoms in total. The smallest absolute Gasteiger partial charge is 0.223 e. The van der Waals surface area contributed by atoms with Gasteiger partial charge >= 0.3 is 0 Å². The molecule has 1 amide bonds. The van der Waals surface area contributed by atoms with Crippen LogP contribution in [0.25, 0.3) is 0 Å². The molecule has 0 radical (unpaired) electrons. The van der Waals surface area contributed by atoms with Crippen LogP contribution in [0.5, 0.6) is 0 Å². The molecule has 1 aliphatic rings. The summed E-state index contributed by atoms with van der Waals surface area (Å²) >= 11 is 0. The zero-order valence-electron chi connectivity index (χ0n) is 9.28. The van der Waals surface area contributed by atoms with Gasteiger partial charge in [0.1, 0.15) is 0 Å². The van der Waals surface area contributed by atoms with Crippen molar-refractivity contribution in [3.8, 4) is 0 Å². The predicted molar refractivity (Wildman–Crippen MR) is 61.7 cm³/mol. The fraction of sp³-hybridized carbons (Fsp3) is 0.500. The minimum absolute atomic E-state index is 0.172. The number of carbonyl (C=O) groups excluding carboxylic acids is 1. The molecule has 0 aliphatic carbocycles. The van der Waals surface area contributed by atoms with Gasteiger partial charge in [-0.05, 0) is 37.6 Å². The Kier molecular flexibility index (Phi) is 3.88. The van der Waals surface area contributed by atoms with Gasteiger partial charge in [-0.15, -0.1) is 0 Å². The first-order chi connectivity index (χ1) is 7.86. The molecule has 2 rings (SSSR count). The summed E-state index contributed by atoms with van der Waals surface area (Å²) < 4.78 is 0. The van der Waals surface area contributed by atoms with Crippen LogP contribution in [-0.4, -0.2) is 24.0 Å². The van der Waals surface area contributed by atoms with Gasteiger partial charge in [0.25, 0.3) is 0 Å². The van der Waals surface area contributed by atoms with Gasteiger partial charge in [0, 0.05) is 24.9 Å². The molecule has 1 aromatic rings. The van der Waals surface area contributed by atoms with Crippen molar-refractivity contribution in [2.24, 2.45) is 5.92 Å². The van der Waals surface area contributed by atoms with Gasteiger partial charge in [-0.3, -0.25) is 9.78 Å². The first-order valence-electron chi connectivity index (χ1n) is 5.73. The fourth-order valence-corrected chi connectivity index (χ4v) is 1.92. The maximum absolute atomic E-state index is 11.8. The lowest BCUT2D eigenvalue weighted by atomic mass is 9.97. The molecule has 16 heavy (non-hydrogen) atoms. The SMILES string of the molecule is O=C(NCc1cccnc1)C1CCNCC1. The molecule has 1 aromatic heterocycles. The van der Waals surface area contributed by atoms with E-state index in [0.717, 1.165) is 31.5 Å². The molecule has 1 fully saturated rings. The van der Waals surface area contributed by atoms with Crippen molar-refractivity contribution in [1.29, 1.82) is 0 Å².